The van der Waals surface area contributed by atoms with E-state index in [-0.39, 0.29) is 5.91 Å². The van der Waals surface area contributed by atoms with Crippen LogP contribution in [0.3, 0.4) is 0 Å². The molecule has 0 saturated heterocycles. The molecule has 0 fully saturated rings. The Balaban J connectivity index is 1.87. The van der Waals surface area contributed by atoms with Crippen LogP contribution in [0.4, 0.5) is 0 Å². The number of ether oxygens (including phenoxy) is 2. The molecule has 2 rings (SSSR count). The van der Waals surface area contributed by atoms with Crippen LogP contribution >= 0.6 is 11.6 Å². The van der Waals surface area contributed by atoms with Gasteiger partial charge in [0.25, 0.3) is 0 Å². The fourth-order valence-electron chi connectivity index (χ4n) is 2.38. The molecule has 27 heavy (non-hydrogen) atoms. The molecule has 1 atom stereocenters. The fourth-order valence-corrected chi connectivity index (χ4v) is 2.56. The second-order valence-corrected chi connectivity index (χ2v) is 6.62. The summed E-state index contributed by atoms with van der Waals surface area (Å²) in [5.74, 6) is 1.73. The van der Waals surface area contributed by atoms with Crippen LogP contribution in [0.1, 0.15) is 44.2 Å². The second kappa shape index (κ2) is 10.6. The Morgan fingerprint density at radius 3 is 2.56 bits per heavy atom. The normalized spacial score (nSPS) is 12.0. The number of amides is 1. The lowest BCUT2D eigenvalue weighted by atomic mass is 9.99. The molecule has 2 aromatic carbocycles. The molecular weight excluding hydrogens is 364 g/mol. The van der Waals surface area contributed by atoms with Gasteiger partial charge >= 0.3 is 0 Å². The predicted octanol–water partition coefficient (Wildman–Crippen LogP) is 4.78. The molecule has 0 unspecified atom stereocenters. The van der Waals surface area contributed by atoms with Crippen molar-refractivity contribution >= 4 is 23.7 Å². The van der Waals surface area contributed by atoms with Crippen molar-refractivity contribution in [1.82, 2.24) is 5.43 Å². The summed E-state index contributed by atoms with van der Waals surface area (Å²) in [6.45, 7) is 6.56. The maximum Gasteiger partial charge on any atom is 0.236 e. The third kappa shape index (κ3) is 6.94. The Bertz CT molecular complexity index is 775. The zero-order valence-corrected chi connectivity index (χ0v) is 16.6. The molecule has 0 heterocycles. The van der Waals surface area contributed by atoms with E-state index >= 15 is 0 Å². The lowest BCUT2D eigenvalue weighted by Gasteiger charge is -2.12. The maximum atomic E-state index is 10.9. The van der Waals surface area contributed by atoms with Gasteiger partial charge in [-0.05, 0) is 48.2 Å². The minimum absolute atomic E-state index is 0.247. The first kappa shape index (κ1) is 20.8. The first-order chi connectivity index (χ1) is 13.0. The van der Waals surface area contributed by atoms with Crippen LogP contribution in [0.25, 0.3) is 0 Å². The zero-order chi connectivity index (χ0) is 19.6. The average molecular weight is 389 g/mol. The second-order valence-electron chi connectivity index (χ2n) is 6.18. The summed E-state index contributed by atoms with van der Waals surface area (Å²) in [7, 11) is 0. The van der Waals surface area contributed by atoms with E-state index in [4.69, 9.17) is 21.1 Å². The predicted molar refractivity (Wildman–Crippen MR) is 109 cm³/mol. The van der Waals surface area contributed by atoms with Crippen molar-refractivity contribution in [2.45, 2.75) is 33.1 Å². The molecule has 0 aromatic heterocycles. The number of hydrogen-bond acceptors (Lipinski definition) is 4. The van der Waals surface area contributed by atoms with Gasteiger partial charge in [0.15, 0.2) is 0 Å². The molecule has 0 saturated carbocycles. The molecule has 0 aliphatic rings. The lowest BCUT2D eigenvalue weighted by molar-refractivity contribution is -0.118. The maximum absolute atomic E-state index is 10.9. The largest absolute Gasteiger partial charge is 0.490 e. The third-order valence-corrected chi connectivity index (χ3v) is 4.30. The molecule has 1 amide bonds. The molecule has 0 aliphatic heterocycles. The first-order valence-electron chi connectivity index (χ1n) is 8.94. The van der Waals surface area contributed by atoms with Gasteiger partial charge in [0.05, 0.1) is 6.21 Å². The lowest BCUT2D eigenvalue weighted by Crippen LogP contribution is -2.13. The SMILES string of the molecule is CC[C@H](C)c1ccc(OCCOc2ccc(Cl)cc2/C=N\NC(C)=O)cc1. The zero-order valence-electron chi connectivity index (χ0n) is 15.9. The van der Waals surface area contributed by atoms with Crippen molar-refractivity contribution in [2.75, 3.05) is 13.2 Å². The van der Waals surface area contributed by atoms with Crippen molar-refractivity contribution in [3.8, 4) is 11.5 Å². The van der Waals surface area contributed by atoms with Gasteiger partial charge in [0.1, 0.15) is 24.7 Å². The van der Waals surface area contributed by atoms with Gasteiger partial charge in [-0.1, -0.05) is 37.6 Å². The number of nitrogens with zero attached hydrogens (tertiary/aromatic N) is 1. The highest BCUT2D eigenvalue weighted by Gasteiger charge is 2.05. The smallest absolute Gasteiger partial charge is 0.236 e. The van der Waals surface area contributed by atoms with Gasteiger partial charge in [-0.3, -0.25) is 4.79 Å². The fraction of sp³-hybridized carbons (Fsp3) is 0.333. The van der Waals surface area contributed by atoms with Gasteiger partial charge in [-0.25, -0.2) is 5.43 Å². The van der Waals surface area contributed by atoms with Crippen molar-refractivity contribution < 1.29 is 14.3 Å². The molecule has 5 nitrogen and oxygen atoms in total. The van der Waals surface area contributed by atoms with Crippen LogP contribution < -0.4 is 14.9 Å². The monoisotopic (exact) mass is 388 g/mol. The molecule has 6 heteroatoms. The molecule has 0 bridgehead atoms. The summed E-state index contributed by atoms with van der Waals surface area (Å²) < 4.78 is 11.5. The third-order valence-electron chi connectivity index (χ3n) is 4.07. The van der Waals surface area contributed by atoms with E-state index in [9.17, 15) is 4.79 Å². The molecule has 0 radical (unpaired) electrons. The summed E-state index contributed by atoms with van der Waals surface area (Å²) in [5, 5.41) is 4.41. The summed E-state index contributed by atoms with van der Waals surface area (Å²) >= 11 is 6.02. The Kier molecular flexibility index (Phi) is 8.14. The van der Waals surface area contributed by atoms with Gasteiger partial charge in [0.2, 0.25) is 5.91 Å². The number of halogens is 1. The average Bonchev–Trinajstić information content (AvgIpc) is 2.66. The van der Waals surface area contributed by atoms with Crippen LogP contribution in [0, 0.1) is 0 Å². The number of hydrazone groups is 1. The van der Waals surface area contributed by atoms with E-state index in [1.54, 1.807) is 18.2 Å². The molecule has 1 N–H and O–H groups in total. The van der Waals surface area contributed by atoms with E-state index in [0.717, 1.165) is 12.2 Å². The summed E-state index contributed by atoms with van der Waals surface area (Å²) in [4.78, 5) is 10.9. The van der Waals surface area contributed by atoms with E-state index in [0.29, 0.717) is 35.5 Å². The molecule has 0 spiro atoms. The number of nitrogens with one attached hydrogen (secondary N) is 1. The minimum atomic E-state index is -0.247. The van der Waals surface area contributed by atoms with E-state index in [2.05, 4.69) is 36.5 Å². The van der Waals surface area contributed by atoms with Crippen LogP contribution in [-0.4, -0.2) is 25.3 Å². The van der Waals surface area contributed by atoms with E-state index < -0.39 is 0 Å². The Morgan fingerprint density at radius 1 is 1.19 bits per heavy atom. The van der Waals surface area contributed by atoms with Gasteiger partial charge in [-0.2, -0.15) is 5.10 Å². The van der Waals surface area contributed by atoms with Crippen molar-refractivity contribution in [3.05, 3.63) is 58.6 Å². The summed E-state index contributed by atoms with van der Waals surface area (Å²) in [6, 6.07) is 13.4. The Morgan fingerprint density at radius 2 is 1.89 bits per heavy atom. The molecule has 144 valence electrons. The number of benzene rings is 2. The minimum Gasteiger partial charge on any atom is -0.490 e. The summed E-state index contributed by atoms with van der Waals surface area (Å²) in [6.07, 6.45) is 2.61. The highest BCUT2D eigenvalue weighted by atomic mass is 35.5. The molecule has 0 aliphatic carbocycles. The standard InChI is InChI=1S/C21H25ClN2O3/c1-4-15(2)17-5-8-20(9-6-17)26-11-12-27-21-10-7-19(22)13-18(21)14-23-24-16(3)25/h5-10,13-15H,4,11-12H2,1-3H3,(H,24,25)/b23-14-/t15-/m0/s1. The topological polar surface area (TPSA) is 59.9 Å². The highest BCUT2D eigenvalue weighted by Crippen LogP contribution is 2.23. The number of hydrogen-bond donors (Lipinski definition) is 1. The molecular formula is C21H25ClN2O3. The van der Waals surface area contributed by atoms with Gasteiger partial charge in [-0.15, -0.1) is 0 Å². The van der Waals surface area contributed by atoms with Crippen molar-refractivity contribution in [1.29, 1.82) is 0 Å². The first-order valence-corrected chi connectivity index (χ1v) is 9.32. The molecule has 2 aromatic rings. The van der Waals surface area contributed by atoms with E-state index in [1.165, 1.54) is 18.7 Å². The number of carbonyl (C=O) groups is 1. The quantitative estimate of drug-likeness (QED) is 0.382. The Hall–Kier alpha value is -2.53. The van der Waals surface area contributed by atoms with Crippen molar-refractivity contribution in [2.24, 2.45) is 5.10 Å². The number of rotatable bonds is 9. The van der Waals surface area contributed by atoms with Crippen molar-refractivity contribution in [3.63, 3.8) is 0 Å². The van der Waals surface area contributed by atoms with Crippen LogP contribution in [0.2, 0.25) is 5.02 Å². The van der Waals surface area contributed by atoms with Gasteiger partial charge < -0.3 is 9.47 Å². The summed E-state index contributed by atoms with van der Waals surface area (Å²) in [5.41, 5.74) is 4.34. The van der Waals surface area contributed by atoms with Gasteiger partial charge in [0, 0.05) is 17.5 Å². The van der Waals surface area contributed by atoms with E-state index in [1.807, 2.05) is 12.1 Å². The number of carbonyl (C=O) groups excluding carboxylic acids is 1. The Labute approximate surface area is 165 Å². The van der Waals surface area contributed by atoms with Crippen LogP contribution in [-0.2, 0) is 4.79 Å². The highest BCUT2D eigenvalue weighted by molar-refractivity contribution is 6.30. The van der Waals surface area contributed by atoms with Crippen LogP contribution in [0.15, 0.2) is 47.6 Å². The van der Waals surface area contributed by atoms with Crippen LogP contribution in [0.5, 0.6) is 11.5 Å².